The zero-order valence-electron chi connectivity index (χ0n) is 20.3. The standard InChI is InChI=1S/C26H33ClN4O5/c1-2-17-7-9-18(10-8-17)30-25(35)36-16-26(11-13-31(14-12-26)24(34)21(28)15-32)22(23(29)33)19-5-3-4-6-20(19)27/h3-10,21-22,32H,2,11-16,28H2,1H3,(H2,29,33)(H,30,35)/t21-,22?/m1/s1. The summed E-state index contributed by atoms with van der Waals surface area (Å²) in [7, 11) is 0. The highest BCUT2D eigenvalue weighted by Gasteiger charge is 2.47. The van der Waals surface area contributed by atoms with E-state index in [-0.39, 0.29) is 25.6 Å². The molecule has 2 aromatic carbocycles. The molecular weight excluding hydrogens is 484 g/mol. The lowest BCUT2D eigenvalue weighted by Gasteiger charge is -2.45. The molecule has 3 rings (SSSR count). The van der Waals surface area contributed by atoms with Crippen molar-refractivity contribution in [3.63, 3.8) is 0 Å². The summed E-state index contributed by atoms with van der Waals surface area (Å²) < 4.78 is 5.63. The van der Waals surface area contributed by atoms with Gasteiger partial charge in [0.15, 0.2) is 0 Å². The van der Waals surface area contributed by atoms with Crippen LogP contribution in [0.2, 0.25) is 5.02 Å². The highest BCUT2D eigenvalue weighted by Crippen LogP contribution is 2.46. The van der Waals surface area contributed by atoms with Crippen LogP contribution in [-0.2, 0) is 20.7 Å². The van der Waals surface area contributed by atoms with Crippen molar-refractivity contribution in [2.75, 3.05) is 31.6 Å². The number of nitrogens with zero attached hydrogens (tertiary/aromatic N) is 1. The number of aliphatic hydroxyl groups excluding tert-OH is 1. The number of benzene rings is 2. The molecule has 0 saturated carbocycles. The Kier molecular flexibility index (Phi) is 9.31. The summed E-state index contributed by atoms with van der Waals surface area (Å²) in [4.78, 5) is 39.5. The predicted molar refractivity (Wildman–Crippen MR) is 137 cm³/mol. The fraction of sp³-hybridized carbons (Fsp3) is 0.423. The van der Waals surface area contributed by atoms with E-state index in [1.807, 2.05) is 19.1 Å². The Balaban J connectivity index is 1.83. The van der Waals surface area contributed by atoms with Crippen molar-refractivity contribution in [1.82, 2.24) is 4.90 Å². The molecular formula is C26H33ClN4O5. The molecule has 1 aliphatic rings. The summed E-state index contributed by atoms with van der Waals surface area (Å²) in [6.07, 6.45) is 0.844. The largest absolute Gasteiger partial charge is 0.449 e. The molecule has 36 heavy (non-hydrogen) atoms. The lowest BCUT2D eigenvalue weighted by Crippen LogP contribution is -2.54. The van der Waals surface area contributed by atoms with Crippen LogP contribution in [0.15, 0.2) is 48.5 Å². The minimum Gasteiger partial charge on any atom is -0.449 e. The number of hydrogen-bond donors (Lipinski definition) is 4. The van der Waals surface area contributed by atoms with Crippen molar-refractivity contribution in [2.45, 2.75) is 38.1 Å². The summed E-state index contributed by atoms with van der Waals surface area (Å²) in [5, 5.41) is 12.3. The van der Waals surface area contributed by atoms with E-state index in [9.17, 15) is 19.5 Å². The van der Waals surface area contributed by atoms with Gasteiger partial charge in [-0.2, -0.15) is 0 Å². The van der Waals surface area contributed by atoms with Crippen LogP contribution in [0, 0.1) is 5.41 Å². The minimum absolute atomic E-state index is 0.112. The van der Waals surface area contributed by atoms with Gasteiger partial charge in [0.25, 0.3) is 0 Å². The fourth-order valence-electron chi connectivity index (χ4n) is 4.68. The van der Waals surface area contributed by atoms with Crippen LogP contribution in [0.4, 0.5) is 10.5 Å². The molecule has 0 radical (unpaired) electrons. The van der Waals surface area contributed by atoms with E-state index in [2.05, 4.69) is 5.32 Å². The molecule has 6 N–H and O–H groups in total. The van der Waals surface area contributed by atoms with Gasteiger partial charge in [-0.05, 0) is 48.6 Å². The summed E-state index contributed by atoms with van der Waals surface area (Å²) >= 11 is 6.44. The molecule has 2 aromatic rings. The topological polar surface area (TPSA) is 148 Å². The third-order valence-corrected chi connectivity index (χ3v) is 7.14. The minimum atomic E-state index is -1.02. The molecule has 0 bridgehead atoms. The normalized spacial score (nSPS) is 16.6. The van der Waals surface area contributed by atoms with Crippen molar-refractivity contribution in [1.29, 1.82) is 0 Å². The van der Waals surface area contributed by atoms with Crippen LogP contribution < -0.4 is 16.8 Å². The predicted octanol–water partition coefficient (Wildman–Crippen LogP) is 2.65. The number of amides is 3. The maximum Gasteiger partial charge on any atom is 0.411 e. The molecule has 1 unspecified atom stereocenters. The van der Waals surface area contributed by atoms with E-state index in [0.717, 1.165) is 12.0 Å². The number of nitrogens with two attached hydrogens (primary N) is 2. The summed E-state index contributed by atoms with van der Waals surface area (Å²) in [6.45, 7) is 1.97. The number of ether oxygens (including phenoxy) is 1. The van der Waals surface area contributed by atoms with Gasteiger partial charge in [0.2, 0.25) is 11.8 Å². The molecule has 9 nitrogen and oxygen atoms in total. The monoisotopic (exact) mass is 516 g/mol. The first kappa shape index (κ1) is 27.4. The molecule has 0 aliphatic carbocycles. The maximum atomic E-state index is 12.8. The summed E-state index contributed by atoms with van der Waals surface area (Å²) in [5.41, 5.74) is 13.0. The van der Waals surface area contributed by atoms with Crippen molar-refractivity contribution in [2.24, 2.45) is 16.9 Å². The van der Waals surface area contributed by atoms with Crippen LogP contribution in [0.3, 0.4) is 0 Å². The number of rotatable bonds is 9. The first-order valence-corrected chi connectivity index (χ1v) is 12.3. The molecule has 0 aromatic heterocycles. The van der Waals surface area contributed by atoms with Crippen molar-refractivity contribution >= 4 is 35.2 Å². The molecule has 1 aliphatic heterocycles. The van der Waals surface area contributed by atoms with Gasteiger partial charge in [0.1, 0.15) is 12.6 Å². The molecule has 1 heterocycles. The number of aliphatic hydroxyl groups is 1. The number of piperidine rings is 1. The number of hydrogen-bond acceptors (Lipinski definition) is 6. The van der Waals surface area contributed by atoms with Crippen LogP contribution >= 0.6 is 11.6 Å². The van der Waals surface area contributed by atoms with Crippen LogP contribution in [0.1, 0.15) is 36.8 Å². The van der Waals surface area contributed by atoms with Crippen molar-refractivity contribution in [3.8, 4) is 0 Å². The molecule has 1 saturated heterocycles. The Morgan fingerprint density at radius 3 is 2.33 bits per heavy atom. The summed E-state index contributed by atoms with van der Waals surface area (Å²) in [5.74, 6) is -1.84. The van der Waals surface area contributed by atoms with Crippen LogP contribution in [-0.4, -0.2) is 60.3 Å². The smallest absolute Gasteiger partial charge is 0.411 e. The number of likely N-dealkylation sites (tertiary alicyclic amines) is 1. The Labute approximate surface area is 215 Å². The van der Waals surface area contributed by atoms with Gasteiger partial charge in [-0.25, -0.2) is 4.79 Å². The third kappa shape index (κ3) is 6.34. The van der Waals surface area contributed by atoms with E-state index < -0.39 is 36.0 Å². The Morgan fingerprint density at radius 1 is 1.14 bits per heavy atom. The molecule has 10 heteroatoms. The first-order chi connectivity index (χ1) is 17.2. The van der Waals surface area contributed by atoms with Crippen LogP contribution in [0.25, 0.3) is 0 Å². The van der Waals surface area contributed by atoms with Gasteiger partial charge in [-0.1, -0.05) is 48.9 Å². The number of primary amides is 1. The van der Waals surface area contributed by atoms with Crippen molar-refractivity contribution < 1.29 is 24.2 Å². The fourth-order valence-corrected chi connectivity index (χ4v) is 4.93. The van der Waals surface area contributed by atoms with E-state index in [4.69, 9.17) is 27.8 Å². The van der Waals surface area contributed by atoms with E-state index in [0.29, 0.717) is 29.1 Å². The molecule has 3 amide bonds. The SMILES string of the molecule is CCc1ccc(NC(=O)OCC2(C(C(N)=O)c3ccccc3Cl)CCN(C(=O)[C@H](N)CO)CC2)cc1. The second-order valence-electron chi connectivity index (χ2n) is 9.09. The van der Waals surface area contributed by atoms with Gasteiger partial charge in [-0.15, -0.1) is 0 Å². The van der Waals surface area contributed by atoms with E-state index in [1.54, 1.807) is 41.3 Å². The highest BCUT2D eigenvalue weighted by molar-refractivity contribution is 6.31. The Bertz CT molecular complexity index is 1070. The lowest BCUT2D eigenvalue weighted by atomic mass is 9.66. The number of nitrogens with one attached hydrogen (secondary N) is 1. The quantitative estimate of drug-likeness (QED) is 0.402. The third-order valence-electron chi connectivity index (χ3n) is 6.80. The molecule has 2 atom stereocenters. The molecule has 194 valence electrons. The van der Waals surface area contributed by atoms with E-state index >= 15 is 0 Å². The number of halogens is 1. The number of carbonyl (C=O) groups is 3. The average molecular weight is 517 g/mol. The maximum absolute atomic E-state index is 12.8. The second kappa shape index (κ2) is 12.2. The van der Waals surface area contributed by atoms with Gasteiger partial charge in [0, 0.05) is 29.2 Å². The molecule has 0 spiro atoms. The highest BCUT2D eigenvalue weighted by atomic mass is 35.5. The lowest BCUT2D eigenvalue weighted by molar-refractivity contribution is -0.137. The zero-order valence-corrected chi connectivity index (χ0v) is 21.0. The average Bonchev–Trinajstić information content (AvgIpc) is 2.88. The van der Waals surface area contributed by atoms with Crippen molar-refractivity contribution in [3.05, 3.63) is 64.7 Å². The Morgan fingerprint density at radius 2 is 1.78 bits per heavy atom. The first-order valence-electron chi connectivity index (χ1n) is 11.9. The van der Waals surface area contributed by atoms with Gasteiger partial charge >= 0.3 is 6.09 Å². The zero-order chi connectivity index (χ0) is 26.3. The van der Waals surface area contributed by atoms with Crippen LogP contribution in [0.5, 0.6) is 0 Å². The van der Waals surface area contributed by atoms with Gasteiger partial charge < -0.3 is 26.2 Å². The van der Waals surface area contributed by atoms with Gasteiger partial charge in [-0.3, -0.25) is 14.9 Å². The number of carbonyl (C=O) groups excluding carboxylic acids is 3. The number of anilines is 1. The molecule has 1 fully saturated rings. The number of aryl methyl sites for hydroxylation is 1. The Hall–Kier alpha value is -3.14. The summed E-state index contributed by atoms with van der Waals surface area (Å²) in [6, 6.07) is 13.3. The van der Waals surface area contributed by atoms with Gasteiger partial charge in [0.05, 0.1) is 12.5 Å². The van der Waals surface area contributed by atoms with E-state index in [1.165, 1.54) is 0 Å². The second-order valence-corrected chi connectivity index (χ2v) is 9.49.